The monoisotopic (exact) mass is 202 g/mol. The van der Waals surface area contributed by atoms with Crippen LogP contribution in [0.15, 0.2) is 0 Å². The van der Waals surface area contributed by atoms with Gasteiger partial charge in [0, 0.05) is 0 Å². The topological polar surface area (TPSA) is 41.1 Å². The number of carbonyl (C=O) groups is 1. The van der Waals surface area contributed by atoms with Crippen LogP contribution in [0.4, 0.5) is 0 Å². The van der Waals surface area contributed by atoms with Crippen molar-refractivity contribution in [3.8, 4) is 0 Å². The first kappa shape index (κ1) is 8.31. The molecule has 2 aliphatic heterocycles. The predicted octanol–water partition coefficient (Wildman–Crippen LogP) is 0.112. The molecule has 3 nitrogen and oxygen atoms in total. The van der Waals surface area contributed by atoms with Crippen LogP contribution in [0, 0.1) is 5.92 Å². The molecular weight excluding hydrogens is 192 g/mol. The van der Waals surface area contributed by atoms with E-state index in [2.05, 4.69) is 10.6 Å². The maximum atomic E-state index is 11.3. The lowest BCUT2D eigenvalue weighted by molar-refractivity contribution is -0.121. The molecule has 0 aromatic heterocycles. The number of carbonyl (C=O) groups excluding carboxylic acids is 1. The maximum Gasteiger partial charge on any atom is 0.248 e. The normalized spacial score (nSPS) is 35.0. The molecule has 2 saturated heterocycles. The highest BCUT2D eigenvalue weighted by Crippen LogP contribution is 2.27. The highest BCUT2D eigenvalue weighted by molar-refractivity contribution is 7.99. The van der Waals surface area contributed by atoms with E-state index in [-0.39, 0.29) is 11.9 Å². The van der Waals surface area contributed by atoms with Crippen LogP contribution < -0.4 is 10.6 Å². The highest BCUT2D eigenvalue weighted by Gasteiger charge is 2.35. The van der Waals surface area contributed by atoms with Crippen LogP contribution in [0.5, 0.6) is 0 Å². The molecular formula is C7H10N2OS2. The summed E-state index contributed by atoms with van der Waals surface area (Å²) in [7, 11) is 0. The zero-order valence-electron chi connectivity index (χ0n) is 6.50. The standard InChI is InChI=1S/C7H10N2OS2/c10-6-5(8-7(11)9-6)4-1-2-12-3-4/h4-5H,1-3H2,(H2,8,9,10,11). The van der Waals surface area contributed by atoms with Gasteiger partial charge in [-0.15, -0.1) is 0 Å². The van der Waals surface area contributed by atoms with Gasteiger partial charge in [-0.05, 0) is 36.1 Å². The van der Waals surface area contributed by atoms with Gasteiger partial charge in [0.15, 0.2) is 5.11 Å². The minimum Gasteiger partial charge on any atom is -0.350 e. The SMILES string of the molecule is O=C1NC(=S)NC1C1CCSC1. The number of hydrogen-bond acceptors (Lipinski definition) is 3. The summed E-state index contributed by atoms with van der Waals surface area (Å²) in [6, 6.07) is -0.0625. The van der Waals surface area contributed by atoms with Gasteiger partial charge in [-0.2, -0.15) is 11.8 Å². The van der Waals surface area contributed by atoms with Crippen molar-refractivity contribution in [3.63, 3.8) is 0 Å². The minimum atomic E-state index is -0.0625. The number of thioether (sulfide) groups is 1. The van der Waals surface area contributed by atoms with Gasteiger partial charge in [-0.3, -0.25) is 4.79 Å². The molecule has 0 saturated carbocycles. The molecule has 2 rings (SSSR count). The van der Waals surface area contributed by atoms with E-state index >= 15 is 0 Å². The molecule has 0 aromatic rings. The summed E-state index contributed by atoms with van der Waals surface area (Å²) in [5, 5.41) is 6.11. The first-order chi connectivity index (χ1) is 5.77. The van der Waals surface area contributed by atoms with Crippen molar-refractivity contribution in [3.05, 3.63) is 0 Å². The largest absolute Gasteiger partial charge is 0.350 e. The Labute approximate surface area is 80.7 Å². The lowest BCUT2D eigenvalue weighted by Crippen LogP contribution is -2.36. The maximum absolute atomic E-state index is 11.3. The molecule has 0 aliphatic carbocycles. The fourth-order valence-corrected chi connectivity index (χ4v) is 3.11. The van der Waals surface area contributed by atoms with Crippen molar-refractivity contribution in [1.82, 2.24) is 10.6 Å². The average Bonchev–Trinajstić information content (AvgIpc) is 2.58. The lowest BCUT2D eigenvalue weighted by atomic mass is 10.00. The Kier molecular flexibility index (Phi) is 2.23. The van der Waals surface area contributed by atoms with E-state index in [1.165, 1.54) is 5.75 Å². The second kappa shape index (κ2) is 3.22. The minimum absolute atomic E-state index is 0.0486. The first-order valence-corrected chi connectivity index (χ1v) is 5.53. The highest BCUT2D eigenvalue weighted by atomic mass is 32.2. The molecule has 2 fully saturated rings. The Bertz CT molecular complexity index is 225. The number of rotatable bonds is 1. The van der Waals surface area contributed by atoms with Gasteiger partial charge >= 0.3 is 0 Å². The van der Waals surface area contributed by atoms with Crippen molar-refractivity contribution in [2.45, 2.75) is 12.5 Å². The van der Waals surface area contributed by atoms with Crippen LogP contribution in [-0.4, -0.2) is 28.6 Å². The summed E-state index contributed by atoms with van der Waals surface area (Å²) in [4.78, 5) is 11.3. The molecule has 12 heavy (non-hydrogen) atoms. The first-order valence-electron chi connectivity index (χ1n) is 3.96. The van der Waals surface area contributed by atoms with Gasteiger partial charge < -0.3 is 10.6 Å². The molecule has 66 valence electrons. The third-order valence-electron chi connectivity index (χ3n) is 2.24. The Morgan fingerprint density at radius 3 is 2.92 bits per heavy atom. The van der Waals surface area contributed by atoms with E-state index < -0.39 is 0 Å². The third kappa shape index (κ3) is 1.43. The summed E-state index contributed by atoms with van der Waals surface area (Å²) in [6.45, 7) is 0. The van der Waals surface area contributed by atoms with Crippen LogP contribution in [0.2, 0.25) is 0 Å². The summed E-state index contributed by atoms with van der Waals surface area (Å²) in [6.07, 6.45) is 1.12. The summed E-state index contributed by atoms with van der Waals surface area (Å²) >= 11 is 6.77. The molecule has 0 bridgehead atoms. The summed E-state index contributed by atoms with van der Waals surface area (Å²) in [5.41, 5.74) is 0. The van der Waals surface area contributed by atoms with E-state index in [1.54, 1.807) is 0 Å². The van der Waals surface area contributed by atoms with Crippen LogP contribution in [0.3, 0.4) is 0 Å². The zero-order valence-corrected chi connectivity index (χ0v) is 8.13. The van der Waals surface area contributed by atoms with Crippen LogP contribution in [0.25, 0.3) is 0 Å². The molecule has 2 heterocycles. The van der Waals surface area contributed by atoms with Crippen LogP contribution in [0.1, 0.15) is 6.42 Å². The molecule has 0 spiro atoms. The van der Waals surface area contributed by atoms with Crippen LogP contribution >= 0.6 is 24.0 Å². The molecule has 2 aliphatic rings. The Morgan fingerprint density at radius 1 is 1.58 bits per heavy atom. The van der Waals surface area contributed by atoms with Crippen LogP contribution in [-0.2, 0) is 4.79 Å². The molecule has 0 aromatic carbocycles. The number of amides is 1. The van der Waals surface area contributed by atoms with Crippen molar-refractivity contribution < 1.29 is 4.79 Å². The molecule has 1 amide bonds. The van der Waals surface area contributed by atoms with E-state index in [1.807, 2.05) is 11.8 Å². The Balaban J connectivity index is 2.03. The van der Waals surface area contributed by atoms with Gasteiger partial charge in [0.1, 0.15) is 6.04 Å². The van der Waals surface area contributed by atoms with E-state index in [0.29, 0.717) is 11.0 Å². The predicted molar refractivity (Wildman–Crippen MR) is 53.1 cm³/mol. The second-order valence-corrected chi connectivity index (χ2v) is 4.62. The van der Waals surface area contributed by atoms with Crippen molar-refractivity contribution in [2.75, 3.05) is 11.5 Å². The van der Waals surface area contributed by atoms with Crippen molar-refractivity contribution >= 4 is 35.0 Å². The van der Waals surface area contributed by atoms with Gasteiger partial charge in [0.05, 0.1) is 0 Å². The van der Waals surface area contributed by atoms with E-state index in [9.17, 15) is 4.79 Å². The Morgan fingerprint density at radius 2 is 2.42 bits per heavy atom. The quantitative estimate of drug-likeness (QED) is 0.592. The molecule has 2 atom stereocenters. The molecule has 5 heteroatoms. The fourth-order valence-electron chi connectivity index (χ4n) is 1.58. The smallest absolute Gasteiger partial charge is 0.248 e. The van der Waals surface area contributed by atoms with Gasteiger partial charge in [0.25, 0.3) is 0 Å². The Hall–Kier alpha value is -0.290. The fraction of sp³-hybridized carbons (Fsp3) is 0.714. The van der Waals surface area contributed by atoms with E-state index in [4.69, 9.17) is 12.2 Å². The van der Waals surface area contributed by atoms with Gasteiger partial charge in [-0.25, -0.2) is 0 Å². The lowest BCUT2D eigenvalue weighted by Gasteiger charge is -2.13. The zero-order chi connectivity index (χ0) is 8.55. The second-order valence-electron chi connectivity index (χ2n) is 3.06. The van der Waals surface area contributed by atoms with E-state index in [0.717, 1.165) is 12.2 Å². The number of hydrogen-bond donors (Lipinski definition) is 2. The van der Waals surface area contributed by atoms with Gasteiger partial charge in [-0.1, -0.05) is 0 Å². The molecule has 2 N–H and O–H groups in total. The number of nitrogens with one attached hydrogen (secondary N) is 2. The molecule has 0 radical (unpaired) electrons. The van der Waals surface area contributed by atoms with Gasteiger partial charge in [0.2, 0.25) is 5.91 Å². The van der Waals surface area contributed by atoms with Crippen molar-refractivity contribution in [2.24, 2.45) is 5.92 Å². The summed E-state index contributed by atoms with van der Waals surface area (Å²) < 4.78 is 0. The third-order valence-corrected chi connectivity index (χ3v) is 3.65. The van der Waals surface area contributed by atoms with Crippen molar-refractivity contribution in [1.29, 1.82) is 0 Å². The average molecular weight is 202 g/mol. The molecule has 2 unspecified atom stereocenters. The number of thiocarbonyl (C=S) groups is 1. The summed E-state index contributed by atoms with van der Waals surface area (Å²) in [5.74, 6) is 2.76.